The Labute approximate surface area is 127 Å². The zero-order valence-corrected chi connectivity index (χ0v) is 13.3. The molecule has 1 aromatic carbocycles. The summed E-state index contributed by atoms with van der Waals surface area (Å²) in [6.45, 7) is 5.04. The zero-order valence-electron chi connectivity index (χ0n) is 11.7. The van der Waals surface area contributed by atoms with E-state index in [4.69, 9.17) is 4.74 Å². The van der Waals surface area contributed by atoms with Gasteiger partial charge >= 0.3 is 0 Å². The van der Waals surface area contributed by atoms with Crippen LogP contribution in [0, 0.1) is 11.8 Å². The number of benzene rings is 1. The van der Waals surface area contributed by atoms with E-state index in [1.165, 1.54) is 0 Å². The lowest BCUT2D eigenvalue weighted by atomic mass is 9.95. The van der Waals surface area contributed by atoms with Gasteiger partial charge < -0.3 is 15.0 Å². The number of fused-ring (bicyclic) bond motifs is 1. The average molecular weight is 339 g/mol. The lowest BCUT2D eigenvalue weighted by Gasteiger charge is -2.25. The molecule has 1 amide bonds. The average Bonchev–Trinajstić information content (AvgIpc) is 3.01. The lowest BCUT2D eigenvalue weighted by molar-refractivity contribution is 0.0725. The van der Waals surface area contributed by atoms with Crippen molar-refractivity contribution in [2.24, 2.45) is 11.8 Å². The first kappa shape index (κ1) is 13.9. The van der Waals surface area contributed by atoms with Crippen molar-refractivity contribution in [2.45, 2.75) is 13.0 Å². The molecule has 3 unspecified atom stereocenters. The van der Waals surface area contributed by atoms with Crippen LogP contribution in [0.3, 0.4) is 0 Å². The summed E-state index contributed by atoms with van der Waals surface area (Å²) in [5.74, 6) is 1.89. The molecular formula is C15H19BrN2O2. The Morgan fingerprint density at radius 3 is 2.95 bits per heavy atom. The minimum absolute atomic E-state index is 0.0799. The number of likely N-dealkylation sites (tertiary alicyclic amines) is 1. The number of hydrogen-bond acceptors (Lipinski definition) is 3. The first-order valence-corrected chi connectivity index (χ1v) is 7.76. The number of hydrogen-bond donors (Lipinski definition) is 1. The molecule has 1 N–H and O–H groups in total. The van der Waals surface area contributed by atoms with Crippen LogP contribution in [0.1, 0.15) is 17.3 Å². The summed E-state index contributed by atoms with van der Waals surface area (Å²) in [5.41, 5.74) is 0.649. The van der Waals surface area contributed by atoms with E-state index >= 15 is 0 Å². The van der Waals surface area contributed by atoms with E-state index in [2.05, 4.69) is 28.2 Å². The molecule has 3 atom stereocenters. The summed E-state index contributed by atoms with van der Waals surface area (Å²) in [7, 11) is 1.60. The van der Waals surface area contributed by atoms with Crippen molar-refractivity contribution in [2.75, 3.05) is 26.7 Å². The van der Waals surface area contributed by atoms with Gasteiger partial charge in [0.1, 0.15) is 5.75 Å². The van der Waals surface area contributed by atoms with Crippen LogP contribution >= 0.6 is 15.9 Å². The minimum atomic E-state index is 0.0799. The van der Waals surface area contributed by atoms with Gasteiger partial charge in [-0.15, -0.1) is 0 Å². The standard InChI is InChI=1S/C15H19BrN2O2/c1-9-13-7-17-6-10(13)8-18(9)15(19)12-4-3-11(16)5-14(12)20-2/h3-5,9-10,13,17H,6-8H2,1-2H3. The number of ether oxygens (including phenoxy) is 1. The predicted molar refractivity (Wildman–Crippen MR) is 81.0 cm³/mol. The predicted octanol–water partition coefficient (Wildman–Crippen LogP) is 2.14. The maximum atomic E-state index is 12.8. The van der Waals surface area contributed by atoms with E-state index in [1.54, 1.807) is 7.11 Å². The topological polar surface area (TPSA) is 41.6 Å². The zero-order chi connectivity index (χ0) is 14.3. The second-order valence-electron chi connectivity index (χ2n) is 5.62. The van der Waals surface area contributed by atoms with E-state index in [-0.39, 0.29) is 11.9 Å². The SMILES string of the molecule is COc1cc(Br)ccc1C(=O)N1CC2CNCC2C1C. The molecule has 2 aliphatic heterocycles. The fraction of sp³-hybridized carbons (Fsp3) is 0.533. The second-order valence-corrected chi connectivity index (χ2v) is 6.54. The van der Waals surface area contributed by atoms with Gasteiger partial charge in [-0.1, -0.05) is 15.9 Å². The number of carbonyl (C=O) groups is 1. The van der Waals surface area contributed by atoms with Gasteiger partial charge in [-0.3, -0.25) is 4.79 Å². The third-order valence-corrected chi connectivity index (χ3v) is 5.08. The molecule has 2 aliphatic rings. The highest BCUT2D eigenvalue weighted by molar-refractivity contribution is 9.10. The Morgan fingerprint density at radius 1 is 1.45 bits per heavy atom. The third-order valence-electron chi connectivity index (χ3n) is 4.59. The Morgan fingerprint density at radius 2 is 2.25 bits per heavy atom. The van der Waals surface area contributed by atoms with Gasteiger partial charge in [-0.25, -0.2) is 0 Å². The van der Waals surface area contributed by atoms with Crippen LogP contribution < -0.4 is 10.1 Å². The fourth-order valence-electron chi connectivity index (χ4n) is 3.43. The van der Waals surface area contributed by atoms with Crippen LogP contribution in [0.4, 0.5) is 0 Å². The van der Waals surface area contributed by atoms with Crippen molar-refractivity contribution in [1.82, 2.24) is 10.2 Å². The summed E-state index contributed by atoms with van der Waals surface area (Å²) in [4.78, 5) is 14.8. The van der Waals surface area contributed by atoms with Gasteiger partial charge in [-0.05, 0) is 37.0 Å². The molecule has 1 aromatic rings. The molecule has 0 aromatic heterocycles. The van der Waals surface area contributed by atoms with Crippen LogP contribution in [0.5, 0.6) is 5.75 Å². The molecule has 4 nitrogen and oxygen atoms in total. The number of nitrogens with zero attached hydrogens (tertiary/aromatic N) is 1. The second kappa shape index (κ2) is 5.37. The molecule has 2 heterocycles. The first-order valence-electron chi connectivity index (χ1n) is 6.97. The smallest absolute Gasteiger partial charge is 0.257 e. The van der Waals surface area contributed by atoms with Crippen molar-refractivity contribution < 1.29 is 9.53 Å². The van der Waals surface area contributed by atoms with Gasteiger partial charge in [0.2, 0.25) is 0 Å². The molecule has 0 saturated carbocycles. The molecule has 3 rings (SSSR count). The van der Waals surface area contributed by atoms with Gasteiger partial charge in [0.25, 0.3) is 5.91 Å². The van der Waals surface area contributed by atoms with Crippen LogP contribution in [0.25, 0.3) is 0 Å². The van der Waals surface area contributed by atoms with E-state index < -0.39 is 0 Å². The number of amides is 1. The lowest BCUT2D eigenvalue weighted by Crippen LogP contribution is -2.38. The largest absolute Gasteiger partial charge is 0.496 e. The van der Waals surface area contributed by atoms with Crippen LogP contribution in [-0.2, 0) is 0 Å². The first-order chi connectivity index (χ1) is 9.61. The summed E-state index contributed by atoms with van der Waals surface area (Å²) >= 11 is 3.41. The Balaban J connectivity index is 1.86. The van der Waals surface area contributed by atoms with Gasteiger partial charge in [0.05, 0.1) is 12.7 Å². The number of rotatable bonds is 2. The molecule has 20 heavy (non-hydrogen) atoms. The van der Waals surface area contributed by atoms with Crippen molar-refractivity contribution in [3.8, 4) is 5.75 Å². The third kappa shape index (κ3) is 2.23. The monoisotopic (exact) mass is 338 g/mol. The highest BCUT2D eigenvalue weighted by atomic mass is 79.9. The number of halogens is 1. The van der Waals surface area contributed by atoms with Gasteiger partial charge in [-0.2, -0.15) is 0 Å². The number of nitrogens with one attached hydrogen (secondary N) is 1. The van der Waals surface area contributed by atoms with Crippen LogP contribution in [0.15, 0.2) is 22.7 Å². The molecule has 2 saturated heterocycles. The highest BCUT2D eigenvalue weighted by Gasteiger charge is 2.44. The van der Waals surface area contributed by atoms with Crippen molar-refractivity contribution in [1.29, 1.82) is 0 Å². The minimum Gasteiger partial charge on any atom is -0.496 e. The van der Waals surface area contributed by atoms with Crippen molar-refractivity contribution >= 4 is 21.8 Å². The van der Waals surface area contributed by atoms with Gasteiger partial charge in [0.15, 0.2) is 0 Å². The summed E-state index contributed by atoms with van der Waals surface area (Å²) in [5, 5.41) is 3.42. The molecule has 0 bridgehead atoms. The van der Waals surface area contributed by atoms with Crippen molar-refractivity contribution in [3.05, 3.63) is 28.2 Å². The molecule has 2 fully saturated rings. The van der Waals surface area contributed by atoms with Gasteiger partial charge in [0, 0.05) is 30.1 Å². The van der Waals surface area contributed by atoms with E-state index in [1.807, 2.05) is 23.1 Å². The van der Waals surface area contributed by atoms with E-state index in [0.717, 1.165) is 24.1 Å². The fourth-order valence-corrected chi connectivity index (χ4v) is 3.77. The summed E-state index contributed by atoms with van der Waals surface area (Å²) < 4.78 is 6.26. The summed E-state index contributed by atoms with van der Waals surface area (Å²) in [6, 6.07) is 5.86. The normalized spacial score (nSPS) is 28.6. The Kier molecular flexibility index (Phi) is 3.73. The Bertz CT molecular complexity index is 535. The number of carbonyl (C=O) groups excluding carboxylic acids is 1. The highest BCUT2D eigenvalue weighted by Crippen LogP contribution is 2.34. The van der Waals surface area contributed by atoms with Crippen LogP contribution in [-0.4, -0.2) is 43.6 Å². The quantitative estimate of drug-likeness (QED) is 0.898. The maximum Gasteiger partial charge on any atom is 0.257 e. The van der Waals surface area contributed by atoms with Crippen LogP contribution in [0.2, 0.25) is 0 Å². The molecule has 0 radical (unpaired) electrons. The van der Waals surface area contributed by atoms with E-state index in [0.29, 0.717) is 23.1 Å². The molecule has 0 spiro atoms. The Hall–Kier alpha value is -1.07. The molecule has 5 heteroatoms. The molecule has 0 aliphatic carbocycles. The molecule has 108 valence electrons. The number of methoxy groups -OCH3 is 1. The van der Waals surface area contributed by atoms with Crippen molar-refractivity contribution in [3.63, 3.8) is 0 Å². The summed E-state index contributed by atoms with van der Waals surface area (Å²) in [6.07, 6.45) is 0. The van der Waals surface area contributed by atoms with E-state index in [9.17, 15) is 4.79 Å². The molecular weight excluding hydrogens is 320 g/mol. The maximum absolute atomic E-state index is 12.8.